The first kappa shape index (κ1) is 20.9. The third-order valence-electron chi connectivity index (χ3n) is 4.61. The molecule has 10 heteroatoms. The number of hydrogen-bond acceptors (Lipinski definition) is 5. The van der Waals surface area contributed by atoms with Gasteiger partial charge in [0.2, 0.25) is 0 Å². The standard InChI is InChI=1S/C18H18BrClN6O.ClH/c19-12-7-23-17-15(16(12)26-5-1-2-11(21)9-26)14(8-24-17)25-18(27)13-4-3-10(20)6-22-13;/h3-4,6-8,11H,1-2,5,9,21H2,(H,23,24)(H,25,27);1H/t11-;/m1./s1. The number of nitrogens with one attached hydrogen (secondary N) is 2. The van der Waals surface area contributed by atoms with Crippen molar-refractivity contribution >= 4 is 68.3 Å². The van der Waals surface area contributed by atoms with Crippen LogP contribution in [0.1, 0.15) is 23.3 Å². The van der Waals surface area contributed by atoms with E-state index in [1.54, 1.807) is 24.5 Å². The average Bonchev–Trinajstić information content (AvgIpc) is 3.05. The topological polar surface area (TPSA) is 99.9 Å². The highest BCUT2D eigenvalue weighted by Crippen LogP contribution is 2.38. The summed E-state index contributed by atoms with van der Waals surface area (Å²) in [5.74, 6) is -0.311. The predicted molar refractivity (Wildman–Crippen MR) is 118 cm³/mol. The minimum atomic E-state index is -0.311. The van der Waals surface area contributed by atoms with E-state index in [-0.39, 0.29) is 24.4 Å². The molecule has 0 unspecified atom stereocenters. The molecule has 0 spiro atoms. The summed E-state index contributed by atoms with van der Waals surface area (Å²) >= 11 is 9.46. The van der Waals surface area contributed by atoms with Crippen molar-refractivity contribution in [2.24, 2.45) is 5.73 Å². The largest absolute Gasteiger partial charge is 0.368 e. The van der Waals surface area contributed by atoms with Crippen LogP contribution in [-0.2, 0) is 0 Å². The zero-order chi connectivity index (χ0) is 19.0. The highest BCUT2D eigenvalue weighted by Gasteiger charge is 2.24. The van der Waals surface area contributed by atoms with Crippen molar-refractivity contribution in [2.75, 3.05) is 23.3 Å². The van der Waals surface area contributed by atoms with Gasteiger partial charge in [-0.1, -0.05) is 11.6 Å². The molecule has 0 radical (unpaired) electrons. The van der Waals surface area contributed by atoms with Crippen LogP contribution in [0.4, 0.5) is 11.4 Å². The van der Waals surface area contributed by atoms with E-state index in [1.807, 2.05) is 0 Å². The van der Waals surface area contributed by atoms with Crippen LogP contribution in [-0.4, -0.2) is 40.0 Å². The second-order valence-corrected chi connectivity index (χ2v) is 7.84. The normalized spacial score (nSPS) is 16.7. The molecule has 3 aromatic rings. The fourth-order valence-corrected chi connectivity index (χ4v) is 4.04. The van der Waals surface area contributed by atoms with Crippen molar-refractivity contribution in [1.29, 1.82) is 0 Å². The molecular formula is C18H19BrCl2N6O. The third-order valence-corrected chi connectivity index (χ3v) is 5.42. The van der Waals surface area contributed by atoms with Crippen LogP contribution in [0.2, 0.25) is 5.02 Å². The molecule has 1 fully saturated rings. The van der Waals surface area contributed by atoms with Gasteiger partial charge in [0.1, 0.15) is 11.3 Å². The van der Waals surface area contributed by atoms with Gasteiger partial charge in [-0.05, 0) is 40.9 Å². The van der Waals surface area contributed by atoms with Gasteiger partial charge in [-0.15, -0.1) is 12.4 Å². The Kier molecular flexibility index (Phi) is 6.44. The summed E-state index contributed by atoms with van der Waals surface area (Å²) in [5.41, 5.74) is 8.79. The summed E-state index contributed by atoms with van der Waals surface area (Å²) in [5, 5.41) is 4.25. The van der Waals surface area contributed by atoms with Crippen LogP contribution >= 0.6 is 39.9 Å². The molecule has 1 amide bonds. The number of aromatic amines is 1. The number of hydrogen-bond donors (Lipinski definition) is 3. The quantitative estimate of drug-likeness (QED) is 0.521. The van der Waals surface area contributed by atoms with Gasteiger partial charge in [-0.2, -0.15) is 0 Å². The fraction of sp³-hybridized carbons (Fsp3) is 0.278. The van der Waals surface area contributed by atoms with Crippen LogP contribution in [0.3, 0.4) is 0 Å². The average molecular weight is 486 g/mol. The van der Waals surface area contributed by atoms with E-state index in [0.29, 0.717) is 22.1 Å². The first-order chi connectivity index (χ1) is 13.0. The van der Waals surface area contributed by atoms with Gasteiger partial charge in [0.05, 0.1) is 26.3 Å². The van der Waals surface area contributed by atoms with E-state index in [1.165, 1.54) is 6.20 Å². The van der Waals surface area contributed by atoms with Crippen LogP contribution in [0.25, 0.3) is 11.0 Å². The Labute approximate surface area is 181 Å². The molecule has 1 saturated heterocycles. The molecule has 1 atom stereocenters. The van der Waals surface area contributed by atoms with Crippen LogP contribution < -0.4 is 16.0 Å². The number of fused-ring (bicyclic) bond motifs is 1. The lowest BCUT2D eigenvalue weighted by atomic mass is 10.1. The first-order valence-electron chi connectivity index (χ1n) is 8.62. The molecule has 3 aromatic heterocycles. The number of nitrogens with two attached hydrogens (primary N) is 1. The van der Waals surface area contributed by atoms with Gasteiger partial charge in [0.15, 0.2) is 0 Å². The molecule has 0 aliphatic carbocycles. The Morgan fingerprint density at radius 1 is 1.36 bits per heavy atom. The number of anilines is 2. The van der Waals surface area contributed by atoms with Crippen molar-refractivity contribution in [3.63, 3.8) is 0 Å². The molecule has 4 N–H and O–H groups in total. The maximum absolute atomic E-state index is 12.6. The molecule has 4 rings (SSSR count). The van der Waals surface area contributed by atoms with Gasteiger partial charge in [0, 0.05) is 37.7 Å². The van der Waals surface area contributed by atoms with E-state index in [2.05, 4.69) is 41.1 Å². The lowest BCUT2D eigenvalue weighted by Crippen LogP contribution is -2.43. The Hall–Kier alpha value is -1.87. The summed E-state index contributed by atoms with van der Waals surface area (Å²) in [7, 11) is 0. The van der Waals surface area contributed by atoms with Crippen LogP contribution in [0.5, 0.6) is 0 Å². The smallest absolute Gasteiger partial charge is 0.274 e. The highest BCUT2D eigenvalue weighted by molar-refractivity contribution is 9.10. The Morgan fingerprint density at radius 3 is 2.89 bits per heavy atom. The Morgan fingerprint density at radius 2 is 2.18 bits per heavy atom. The Balaban J connectivity index is 0.00000225. The number of amides is 1. The molecule has 0 bridgehead atoms. The monoisotopic (exact) mass is 484 g/mol. The molecule has 1 aliphatic rings. The van der Waals surface area contributed by atoms with E-state index in [9.17, 15) is 4.79 Å². The predicted octanol–water partition coefficient (Wildman–Crippen LogP) is 3.98. The molecular weight excluding hydrogens is 467 g/mol. The summed E-state index contributed by atoms with van der Waals surface area (Å²) in [6, 6.07) is 3.35. The maximum Gasteiger partial charge on any atom is 0.274 e. The van der Waals surface area contributed by atoms with E-state index >= 15 is 0 Å². The number of carbonyl (C=O) groups is 1. The number of pyridine rings is 2. The number of piperidine rings is 1. The second-order valence-electron chi connectivity index (χ2n) is 6.54. The minimum absolute atomic E-state index is 0. The summed E-state index contributed by atoms with van der Waals surface area (Å²) < 4.78 is 0.865. The second kappa shape index (κ2) is 8.65. The summed E-state index contributed by atoms with van der Waals surface area (Å²) in [6.45, 7) is 1.66. The number of aromatic nitrogens is 3. The fourth-order valence-electron chi connectivity index (χ4n) is 3.37. The van der Waals surface area contributed by atoms with E-state index in [4.69, 9.17) is 17.3 Å². The molecule has 0 saturated carbocycles. The number of halogens is 3. The summed E-state index contributed by atoms with van der Waals surface area (Å²) in [4.78, 5) is 26.5. The van der Waals surface area contributed by atoms with Gasteiger partial charge in [0.25, 0.3) is 5.91 Å². The number of carbonyl (C=O) groups excluding carboxylic acids is 1. The van der Waals surface area contributed by atoms with Gasteiger partial charge in [-0.25, -0.2) is 9.97 Å². The SMILES string of the molecule is Cl.N[C@@H]1CCCN(c2c(Br)cnc3[nH]cc(NC(=O)c4ccc(Cl)cn4)c23)C1. The van der Waals surface area contributed by atoms with Gasteiger partial charge in [-0.3, -0.25) is 4.79 Å². The zero-order valence-corrected chi connectivity index (χ0v) is 17.9. The Bertz CT molecular complexity index is 994. The van der Waals surface area contributed by atoms with Gasteiger partial charge >= 0.3 is 0 Å². The molecule has 148 valence electrons. The van der Waals surface area contributed by atoms with Gasteiger partial charge < -0.3 is 20.9 Å². The number of nitrogens with zero attached hydrogens (tertiary/aromatic N) is 3. The van der Waals surface area contributed by atoms with Crippen molar-refractivity contribution in [2.45, 2.75) is 18.9 Å². The van der Waals surface area contributed by atoms with Crippen LogP contribution in [0.15, 0.2) is 35.2 Å². The molecule has 0 aromatic carbocycles. The van der Waals surface area contributed by atoms with Crippen molar-refractivity contribution in [3.8, 4) is 0 Å². The summed E-state index contributed by atoms with van der Waals surface area (Å²) in [6.07, 6.45) is 7.00. The minimum Gasteiger partial charge on any atom is -0.368 e. The number of rotatable bonds is 3. The molecule has 4 heterocycles. The molecule has 28 heavy (non-hydrogen) atoms. The van der Waals surface area contributed by atoms with Crippen molar-refractivity contribution in [1.82, 2.24) is 15.0 Å². The van der Waals surface area contributed by atoms with Crippen LogP contribution in [0, 0.1) is 0 Å². The van der Waals surface area contributed by atoms with E-state index < -0.39 is 0 Å². The lowest BCUT2D eigenvalue weighted by molar-refractivity contribution is 0.102. The van der Waals surface area contributed by atoms with Crippen molar-refractivity contribution in [3.05, 3.63) is 45.9 Å². The van der Waals surface area contributed by atoms with E-state index in [0.717, 1.165) is 41.5 Å². The zero-order valence-electron chi connectivity index (χ0n) is 14.8. The first-order valence-corrected chi connectivity index (χ1v) is 9.79. The highest BCUT2D eigenvalue weighted by atomic mass is 79.9. The molecule has 7 nitrogen and oxygen atoms in total. The maximum atomic E-state index is 12.6. The van der Waals surface area contributed by atoms with Crippen molar-refractivity contribution < 1.29 is 4.79 Å². The third kappa shape index (κ3) is 4.10. The lowest BCUT2D eigenvalue weighted by Gasteiger charge is -2.33. The number of H-pyrrole nitrogens is 1. The molecule has 1 aliphatic heterocycles.